The minimum atomic E-state index is -0.859. The lowest BCUT2D eigenvalue weighted by Crippen LogP contribution is -2.31. The molecule has 3 rings (SSSR count). The molecule has 2 aliphatic heterocycles. The van der Waals surface area contributed by atoms with Gasteiger partial charge >= 0.3 is 5.97 Å². The van der Waals surface area contributed by atoms with E-state index in [9.17, 15) is 9.90 Å². The minimum absolute atomic E-state index is 0.412. The normalized spacial score (nSPS) is 20.0. The summed E-state index contributed by atoms with van der Waals surface area (Å²) in [6, 6.07) is 2.76. The number of rotatable bonds is 3. The second-order valence-electron chi connectivity index (χ2n) is 5.36. The number of hydrogen-bond donors (Lipinski definition) is 1. The third kappa shape index (κ3) is 2.94. The Bertz CT molecular complexity index is 543. The van der Waals surface area contributed by atoms with E-state index in [1.54, 1.807) is 12.1 Å². The molecule has 1 aromatic rings. The Morgan fingerprint density at radius 3 is 2.62 bits per heavy atom. The highest BCUT2D eigenvalue weighted by Crippen LogP contribution is 2.40. The number of nitrogens with zero attached hydrogens (tertiary/aromatic N) is 1. The van der Waals surface area contributed by atoms with Crippen molar-refractivity contribution < 1.29 is 19.4 Å². The molecule has 2 heterocycles. The van der Waals surface area contributed by atoms with E-state index in [4.69, 9.17) is 21.1 Å². The maximum atomic E-state index is 11.7. The Balaban J connectivity index is 1.98. The van der Waals surface area contributed by atoms with Crippen LogP contribution in [0.3, 0.4) is 0 Å². The minimum Gasteiger partial charge on any atom is -0.489 e. The van der Waals surface area contributed by atoms with E-state index in [1.807, 2.05) is 4.90 Å². The quantitative estimate of drug-likeness (QED) is 0.930. The Morgan fingerprint density at radius 2 is 1.90 bits per heavy atom. The molecule has 0 aromatic heterocycles. The lowest BCUT2D eigenvalue weighted by molar-refractivity contribution is -0.143. The molecule has 2 aliphatic rings. The summed E-state index contributed by atoms with van der Waals surface area (Å²) in [5.74, 6) is 0.200. The molecule has 0 bridgehead atoms. The summed E-state index contributed by atoms with van der Waals surface area (Å²) >= 11 is 6.26. The fourth-order valence-corrected chi connectivity index (χ4v) is 3.19. The Labute approximate surface area is 128 Å². The van der Waals surface area contributed by atoms with E-state index < -0.39 is 12.0 Å². The molecule has 0 spiro atoms. The fraction of sp³-hybridized carbons (Fsp3) is 0.533. The predicted molar refractivity (Wildman–Crippen MR) is 78.2 cm³/mol. The van der Waals surface area contributed by atoms with Crippen molar-refractivity contribution in [3.63, 3.8) is 0 Å². The van der Waals surface area contributed by atoms with E-state index in [0.29, 0.717) is 35.3 Å². The number of hydrogen-bond acceptors (Lipinski definition) is 4. The zero-order valence-electron chi connectivity index (χ0n) is 11.7. The van der Waals surface area contributed by atoms with Crippen molar-refractivity contribution in [3.05, 3.63) is 22.7 Å². The topological polar surface area (TPSA) is 59.0 Å². The highest BCUT2D eigenvalue weighted by Gasteiger charge is 2.31. The van der Waals surface area contributed by atoms with Gasteiger partial charge in [-0.2, -0.15) is 0 Å². The first-order valence-corrected chi connectivity index (χ1v) is 7.60. The Hall–Kier alpha value is -1.46. The zero-order chi connectivity index (χ0) is 14.8. The number of ether oxygens (including phenoxy) is 2. The van der Waals surface area contributed by atoms with Crippen LogP contribution in [0.25, 0.3) is 0 Å². The van der Waals surface area contributed by atoms with Crippen molar-refractivity contribution in [1.82, 2.24) is 4.90 Å². The molecule has 1 unspecified atom stereocenters. The number of likely N-dealkylation sites (tertiary alicyclic amines) is 1. The van der Waals surface area contributed by atoms with E-state index >= 15 is 0 Å². The van der Waals surface area contributed by atoms with Gasteiger partial charge in [0.15, 0.2) is 11.5 Å². The third-order valence-corrected chi connectivity index (χ3v) is 4.16. The van der Waals surface area contributed by atoms with Crippen LogP contribution >= 0.6 is 11.6 Å². The van der Waals surface area contributed by atoms with Crippen LogP contribution in [0.15, 0.2) is 12.1 Å². The molecule has 21 heavy (non-hydrogen) atoms. The Kier molecular flexibility index (Phi) is 4.22. The summed E-state index contributed by atoms with van der Waals surface area (Å²) in [6.07, 6.45) is 2.85. The first-order chi connectivity index (χ1) is 10.2. The van der Waals surface area contributed by atoms with Gasteiger partial charge in [0.25, 0.3) is 0 Å². The van der Waals surface area contributed by atoms with E-state index in [1.165, 1.54) is 0 Å². The molecule has 6 heteroatoms. The highest BCUT2D eigenvalue weighted by atomic mass is 35.5. The van der Waals surface area contributed by atoms with Gasteiger partial charge in [-0.25, -0.2) is 0 Å². The van der Waals surface area contributed by atoms with Gasteiger partial charge in [0.05, 0.1) is 18.2 Å². The van der Waals surface area contributed by atoms with Crippen LogP contribution < -0.4 is 9.47 Å². The van der Waals surface area contributed by atoms with Crippen molar-refractivity contribution in [1.29, 1.82) is 0 Å². The summed E-state index contributed by atoms with van der Waals surface area (Å²) < 4.78 is 11.2. The predicted octanol–water partition coefficient (Wildman–Crippen LogP) is 2.72. The number of benzene rings is 1. The number of halogens is 1. The van der Waals surface area contributed by atoms with Crippen LogP contribution in [-0.2, 0) is 4.79 Å². The molecular formula is C15H18ClNO4. The van der Waals surface area contributed by atoms with Crippen molar-refractivity contribution in [2.24, 2.45) is 0 Å². The van der Waals surface area contributed by atoms with E-state index in [0.717, 1.165) is 32.4 Å². The largest absolute Gasteiger partial charge is 0.489 e. The first kappa shape index (κ1) is 14.5. The molecule has 0 amide bonds. The van der Waals surface area contributed by atoms with Gasteiger partial charge in [0, 0.05) is 6.42 Å². The fourth-order valence-electron chi connectivity index (χ4n) is 2.92. The molecule has 0 saturated carbocycles. The second-order valence-corrected chi connectivity index (χ2v) is 5.77. The lowest BCUT2D eigenvalue weighted by Gasteiger charge is -2.25. The van der Waals surface area contributed by atoms with Crippen molar-refractivity contribution in [3.8, 4) is 11.5 Å². The number of fused-ring (bicyclic) bond motifs is 1. The Morgan fingerprint density at radius 1 is 1.19 bits per heavy atom. The van der Waals surface area contributed by atoms with Gasteiger partial charge in [0.1, 0.15) is 6.04 Å². The molecule has 1 aromatic carbocycles. The number of carboxylic acid groups (broad SMARTS) is 1. The highest BCUT2D eigenvalue weighted by molar-refractivity contribution is 6.32. The average molecular weight is 312 g/mol. The van der Waals surface area contributed by atoms with Crippen LogP contribution in [0.5, 0.6) is 11.5 Å². The number of carbonyl (C=O) groups is 1. The van der Waals surface area contributed by atoms with Gasteiger partial charge in [0.2, 0.25) is 0 Å². The van der Waals surface area contributed by atoms with Crippen molar-refractivity contribution in [2.45, 2.75) is 25.3 Å². The number of aliphatic carboxylic acids is 1. The SMILES string of the molecule is O=C(O)C(c1cc(Cl)c2c(c1)OCCCO2)N1CCCC1. The molecule has 0 radical (unpaired) electrons. The molecule has 1 saturated heterocycles. The van der Waals surface area contributed by atoms with Crippen LogP contribution in [0.2, 0.25) is 5.02 Å². The van der Waals surface area contributed by atoms with Crippen LogP contribution in [-0.4, -0.2) is 42.3 Å². The summed E-state index contributed by atoms with van der Waals surface area (Å²) in [4.78, 5) is 13.6. The second kappa shape index (κ2) is 6.12. The molecular weight excluding hydrogens is 294 g/mol. The number of carboxylic acids is 1. The lowest BCUT2D eigenvalue weighted by atomic mass is 10.0. The van der Waals surface area contributed by atoms with Gasteiger partial charge in [-0.05, 0) is 43.6 Å². The van der Waals surface area contributed by atoms with E-state index in [2.05, 4.69) is 0 Å². The van der Waals surface area contributed by atoms with Crippen molar-refractivity contribution in [2.75, 3.05) is 26.3 Å². The monoisotopic (exact) mass is 311 g/mol. The standard InChI is InChI=1S/C15H18ClNO4/c16-11-8-10(9-12-14(11)21-7-3-6-20-12)13(15(18)19)17-4-1-2-5-17/h8-9,13H,1-7H2,(H,18,19). The van der Waals surface area contributed by atoms with Gasteiger partial charge in [-0.15, -0.1) is 0 Å². The maximum absolute atomic E-state index is 11.7. The van der Waals surface area contributed by atoms with Crippen LogP contribution in [0, 0.1) is 0 Å². The van der Waals surface area contributed by atoms with Crippen molar-refractivity contribution >= 4 is 17.6 Å². The molecule has 114 valence electrons. The molecule has 1 atom stereocenters. The zero-order valence-corrected chi connectivity index (χ0v) is 12.4. The maximum Gasteiger partial charge on any atom is 0.325 e. The average Bonchev–Trinajstić information content (AvgIpc) is 2.83. The third-order valence-electron chi connectivity index (χ3n) is 3.88. The van der Waals surface area contributed by atoms with Gasteiger partial charge in [-0.3, -0.25) is 9.69 Å². The molecule has 1 N–H and O–H groups in total. The molecule has 0 aliphatic carbocycles. The molecule has 5 nitrogen and oxygen atoms in total. The first-order valence-electron chi connectivity index (χ1n) is 7.23. The van der Waals surface area contributed by atoms with Crippen LogP contribution in [0.4, 0.5) is 0 Å². The smallest absolute Gasteiger partial charge is 0.325 e. The van der Waals surface area contributed by atoms with Gasteiger partial charge in [-0.1, -0.05) is 11.6 Å². The summed E-state index contributed by atoms with van der Waals surface area (Å²) in [5.41, 5.74) is 0.652. The van der Waals surface area contributed by atoms with Crippen LogP contribution in [0.1, 0.15) is 30.9 Å². The van der Waals surface area contributed by atoms with E-state index in [-0.39, 0.29) is 0 Å². The summed E-state index contributed by atoms with van der Waals surface area (Å²) in [5, 5.41) is 9.99. The molecule has 1 fully saturated rings. The summed E-state index contributed by atoms with van der Waals surface area (Å²) in [7, 11) is 0. The summed E-state index contributed by atoms with van der Waals surface area (Å²) in [6.45, 7) is 2.70. The van der Waals surface area contributed by atoms with Gasteiger partial charge < -0.3 is 14.6 Å².